The molecule has 0 saturated carbocycles. The molecule has 5 heteroatoms. The topological polar surface area (TPSA) is 61.8 Å². The number of carbonyl (C=O) groups excluding carboxylic acids is 2. The van der Waals surface area contributed by atoms with Gasteiger partial charge in [0.1, 0.15) is 6.61 Å². The smallest absolute Gasteiger partial charge is 0.306 e. The molecule has 0 aromatic rings. The Kier molecular flexibility index (Phi) is 27.6. The summed E-state index contributed by atoms with van der Waals surface area (Å²) in [5.74, 6) is -0.410. The van der Waals surface area contributed by atoms with E-state index in [1.54, 1.807) is 0 Å². The molecule has 214 valence electrons. The first-order valence-electron chi connectivity index (χ1n) is 15.6. The lowest BCUT2D eigenvalue weighted by Gasteiger charge is -2.18. The van der Waals surface area contributed by atoms with Gasteiger partial charge in [-0.25, -0.2) is 0 Å². The van der Waals surface area contributed by atoms with Gasteiger partial charge in [-0.1, -0.05) is 130 Å². The Bertz CT molecular complexity index is 480. The molecule has 0 rings (SSSR count). The van der Waals surface area contributed by atoms with Gasteiger partial charge in [0, 0.05) is 19.4 Å². The van der Waals surface area contributed by atoms with Crippen LogP contribution in [0.15, 0.2) is 0 Å². The highest BCUT2D eigenvalue weighted by atomic mass is 16.6. The average Bonchev–Trinajstić information content (AvgIpc) is 2.87. The van der Waals surface area contributed by atoms with Crippen LogP contribution in [0.25, 0.3) is 0 Å². The molecule has 0 heterocycles. The third-order valence-electron chi connectivity index (χ3n) is 6.64. The molecule has 0 N–H and O–H groups in total. The Hall–Kier alpha value is -1.10. The van der Waals surface area contributed by atoms with E-state index in [2.05, 4.69) is 20.8 Å². The summed E-state index contributed by atoms with van der Waals surface area (Å²) >= 11 is 0. The van der Waals surface area contributed by atoms with Gasteiger partial charge in [-0.2, -0.15) is 0 Å². The second-order valence-electron chi connectivity index (χ2n) is 10.4. The fraction of sp³-hybridized carbons (Fsp3) is 0.935. The molecule has 5 nitrogen and oxygen atoms in total. The van der Waals surface area contributed by atoms with E-state index in [4.69, 9.17) is 14.2 Å². The number of hydrogen-bond donors (Lipinski definition) is 0. The molecule has 0 radical (unpaired) electrons. The number of ether oxygens (including phenoxy) is 3. The standard InChI is InChI=1S/C31H60O5/c1-4-7-10-13-16-18-21-24-30(32)35-28-29(27-34-26-23-20-15-12-9-6-3)36-31(33)25-22-19-17-14-11-8-5-2/h29H,4-28H2,1-3H3. The van der Waals surface area contributed by atoms with E-state index in [-0.39, 0.29) is 18.5 Å². The van der Waals surface area contributed by atoms with Gasteiger partial charge in [-0.3, -0.25) is 9.59 Å². The van der Waals surface area contributed by atoms with E-state index >= 15 is 0 Å². The highest BCUT2D eigenvalue weighted by Gasteiger charge is 2.17. The highest BCUT2D eigenvalue weighted by Crippen LogP contribution is 2.12. The summed E-state index contributed by atoms with van der Waals surface area (Å²) in [6.45, 7) is 7.70. The van der Waals surface area contributed by atoms with Gasteiger partial charge in [-0.15, -0.1) is 0 Å². The molecular weight excluding hydrogens is 452 g/mol. The van der Waals surface area contributed by atoms with Crippen LogP contribution < -0.4 is 0 Å². The largest absolute Gasteiger partial charge is 0.462 e. The maximum absolute atomic E-state index is 12.4. The average molecular weight is 513 g/mol. The van der Waals surface area contributed by atoms with E-state index < -0.39 is 6.10 Å². The van der Waals surface area contributed by atoms with Gasteiger partial charge >= 0.3 is 11.9 Å². The summed E-state index contributed by atoms with van der Waals surface area (Å²) < 4.78 is 16.9. The normalized spacial score (nSPS) is 12.0. The fourth-order valence-electron chi connectivity index (χ4n) is 4.27. The van der Waals surface area contributed by atoms with E-state index in [9.17, 15) is 9.59 Å². The molecule has 0 fully saturated rings. The molecule has 0 spiro atoms. The first-order valence-corrected chi connectivity index (χ1v) is 15.6. The number of hydrogen-bond acceptors (Lipinski definition) is 5. The minimum Gasteiger partial charge on any atom is -0.462 e. The summed E-state index contributed by atoms with van der Waals surface area (Å²) in [4.78, 5) is 24.6. The zero-order valence-electron chi connectivity index (χ0n) is 24.3. The fourth-order valence-corrected chi connectivity index (χ4v) is 4.27. The molecule has 0 amide bonds. The van der Waals surface area contributed by atoms with Gasteiger partial charge < -0.3 is 14.2 Å². The first-order chi connectivity index (χ1) is 17.6. The van der Waals surface area contributed by atoms with Crippen LogP contribution in [-0.2, 0) is 23.8 Å². The quantitative estimate of drug-likeness (QED) is 0.0772. The van der Waals surface area contributed by atoms with Crippen LogP contribution in [0.5, 0.6) is 0 Å². The number of rotatable bonds is 28. The Morgan fingerprint density at radius 2 is 0.917 bits per heavy atom. The summed E-state index contributed by atoms with van der Waals surface area (Å²) in [6, 6.07) is 0. The third-order valence-corrected chi connectivity index (χ3v) is 6.64. The monoisotopic (exact) mass is 512 g/mol. The van der Waals surface area contributed by atoms with Crippen molar-refractivity contribution in [2.45, 2.75) is 168 Å². The van der Waals surface area contributed by atoms with Crippen molar-refractivity contribution in [2.24, 2.45) is 0 Å². The Morgan fingerprint density at radius 3 is 1.42 bits per heavy atom. The Balaban J connectivity index is 4.19. The number of carbonyl (C=O) groups is 2. The van der Waals surface area contributed by atoms with Crippen molar-refractivity contribution < 1.29 is 23.8 Å². The van der Waals surface area contributed by atoms with Crippen molar-refractivity contribution in [1.29, 1.82) is 0 Å². The van der Waals surface area contributed by atoms with E-state index in [0.717, 1.165) is 38.5 Å². The molecule has 0 bridgehead atoms. The molecule has 0 aliphatic rings. The van der Waals surface area contributed by atoms with Crippen molar-refractivity contribution in [2.75, 3.05) is 19.8 Å². The van der Waals surface area contributed by atoms with Crippen LogP contribution in [0.1, 0.15) is 162 Å². The van der Waals surface area contributed by atoms with Gasteiger partial charge in [0.15, 0.2) is 6.10 Å². The van der Waals surface area contributed by atoms with Crippen LogP contribution in [0.2, 0.25) is 0 Å². The van der Waals surface area contributed by atoms with Crippen LogP contribution in [-0.4, -0.2) is 37.9 Å². The van der Waals surface area contributed by atoms with Crippen molar-refractivity contribution in [1.82, 2.24) is 0 Å². The zero-order chi connectivity index (χ0) is 26.5. The number of unbranched alkanes of at least 4 members (excludes halogenated alkanes) is 17. The van der Waals surface area contributed by atoms with Gasteiger partial charge in [-0.05, 0) is 19.3 Å². The van der Waals surface area contributed by atoms with Gasteiger partial charge in [0.25, 0.3) is 0 Å². The molecule has 0 aliphatic carbocycles. The molecule has 1 atom stereocenters. The molecular formula is C31H60O5. The molecule has 36 heavy (non-hydrogen) atoms. The van der Waals surface area contributed by atoms with Crippen molar-refractivity contribution in [3.8, 4) is 0 Å². The maximum Gasteiger partial charge on any atom is 0.306 e. The van der Waals surface area contributed by atoms with Crippen molar-refractivity contribution >= 4 is 11.9 Å². The number of esters is 2. The Morgan fingerprint density at radius 1 is 0.500 bits per heavy atom. The van der Waals surface area contributed by atoms with Crippen molar-refractivity contribution in [3.63, 3.8) is 0 Å². The third kappa shape index (κ3) is 26.0. The lowest BCUT2D eigenvalue weighted by molar-refractivity contribution is -0.163. The lowest BCUT2D eigenvalue weighted by atomic mass is 10.1. The van der Waals surface area contributed by atoms with Crippen LogP contribution in [0.3, 0.4) is 0 Å². The van der Waals surface area contributed by atoms with Gasteiger partial charge in [0.2, 0.25) is 0 Å². The van der Waals surface area contributed by atoms with Gasteiger partial charge in [0.05, 0.1) is 6.61 Å². The SMILES string of the molecule is CCCCCCCCCC(=O)OCC(COCCCCCCCC)OC(=O)CCCCCCCCC. The van der Waals surface area contributed by atoms with Crippen LogP contribution in [0.4, 0.5) is 0 Å². The molecule has 0 aliphatic heterocycles. The lowest BCUT2D eigenvalue weighted by Crippen LogP contribution is -2.30. The zero-order valence-corrected chi connectivity index (χ0v) is 24.3. The molecule has 0 saturated heterocycles. The van der Waals surface area contributed by atoms with E-state index in [1.165, 1.54) is 89.9 Å². The minimum absolute atomic E-state index is 0.0919. The van der Waals surface area contributed by atoms with E-state index in [1.807, 2.05) is 0 Å². The second-order valence-corrected chi connectivity index (χ2v) is 10.4. The van der Waals surface area contributed by atoms with Crippen molar-refractivity contribution in [3.05, 3.63) is 0 Å². The minimum atomic E-state index is -0.514. The molecule has 1 unspecified atom stereocenters. The Labute approximate surface area is 223 Å². The molecule has 0 aromatic carbocycles. The summed E-state index contributed by atoms with van der Waals surface area (Å²) in [5.41, 5.74) is 0. The summed E-state index contributed by atoms with van der Waals surface area (Å²) in [6.07, 6.45) is 23.9. The predicted molar refractivity (Wildman–Crippen MR) is 150 cm³/mol. The van der Waals surface area contributed by atoms with E-state index in [0.29, 0.717) is 26.1 Å². The van der Waals surface area contributed by atoms with Crippen LogP contribution in [0, 0.1) is 0 Å². The summed E-state index contributed by atoms with van der Waals surface area (Å²) in [7, 11) is 0. The first kappa shape index (κ1) is 34.9. The second kappa shape index (κ2) is 28.5. The predicted octanol–water partition coefficient (Wildman–Crippen LogP) is 9.10. The highest BCUT2D eigenvalue weighted by molar-refractivity contribution is 5.70. The maximum atomic E-state index is 12.4. The van der Waals surface area contributed by atoms with Crippen LogP contribution >= 0.6 is 0 Å². The molecule has 0 aromatic heterocycles. The summed E-state index contributed by atoms with van der Waals surface area (Å²) in [5, 5.41) is 0.